The van der Waals surface area contributed by atoms with Crippen molar-refractivity contribution in [2.45, 2.75) is 31.8 Å². The number of aliphatic imine (C=N–C) groups is 1. The summed E-state index contributed by atoms with van der Waals surface area (Å²) in [5, 5.41) is 7.20. The second-order valence-corrected chi connectivity index (χ2v) is 7.60. The lowest BCUT2D eigenvalue weighted by molar-refractivity contribution is 0.510. The third-order valence-electron chi connectivity index (χ3n) is 5.36. The van der Waals surface area contributed by atoms with Crippen molar-refractivity contribution in [3.8, 4) is 0 Å². The third-order valence-corrected chi connectivity index (χ3v) is 5.36. The van der Waals surface area contributed by atoms with Crippen LogP contribution >= 0.6 is 24.0 Å². The average Bonchev–Trinajstić information content (AvgIpc) is 3.47. The minimum atomic E-state index is 0. The van der Waals surface area contributed by atoms with E-state index in [0.29, 0.717) is 12.6 Å². The topological polar surface area (TPSA) is 65.7 Å². The molecule has 2 unspecified atom stereocenters. The minimum absolute atomic E-state index is 0. The van der Waals surface area contributed by atoms with Crippen LogP contribution in [0.15, 0.2) is 82.5 Å². The average molecular weight is 531 g/mol. The van der Waals surface area contributed by atoms with E-state index in [9.17, 15) is 0 Å². The van der Waals surface area contributed by atoms with Crippen molar-refractivity contribution >= 4 is 35.8 Å². The van der Waals surface area contributed by atoms with E-state index in [0.717, 1.165) is 43.5 Å². The summed E-state index contributed by atoms with van der Waals surface area (Å²) in [6.07, 6.45) is 5.39. The fraction of sp³-hybridized carbons (Fsp3) is 0.333. The molecule has 1 saturated heterocycles. The molecule has 2 N–H and O–H groups in total. The molecule has 7 heteroatoms. The lowest BCUT2D eigenvalue weighted by Gasteiger charge is -2.22. The van der Waals surface area contributed by atoms with Gasteiger partial charge in [0.1, 0.15) is 11.6 Å². The Morgan fingerprint density at radius 3 is 2.74 bits per heavy atom. The Labute approximate surface area is 201 Å². The molecule has 0 spiro atoms. The standard InChI is InChI=1S/C24H29N5O.HI/c1-19(20-8-3-2-4-9-20)27-24(26-15-12-22-10-7-17-30-22)28-21-13-16-29(18-21)23-11-5-6-14-25-23;/h2-11,14,17,19,21H,12-13,15-16,18H2,1H3,(H2,26,27,28);1H. The van der Waals surface area contributed by atoms with Gasteiger partial charge in [-0.3, -0.25) is 4.99 Å². The Balaban J connectivity index is 0.00000272. The number of nitrogens with one attached hydrogen (secondary N) is 2. The van der Waals surface area contributed by atoms with Crippen LogP contribution in [0.5, 0.6) is 0 Å². The second kappa shape index (κ2) is 11.7. The van der Waals surface area contributed by atoms with Crippen LogP contribution < -0.4 is 15.5 Å². The SMILES string of the molecule is CC(NC(=NCCc1ccco1)NC1CCN(c2ccccn2)C1)c1ccccc1.I. The van der Waals surface area contributed by atoms with Gasteiger partial charge in [-0.05, 0) is 43.2 Å². The van der Waals surface area contributed by atoms with Crippen LogP contribution in [0.1, 0.15) is 30.7 Å². The molecule has 164 valence electrons. The Kier molecular flexibility index (Phi) is 8.75. The summed E-state index contributed by atoms with van der Waals surface area (Å²) < 4.78 is 5.44. The van der Waals surface area contributed by atoms with Crippen molar-refractivity contribution in [3.05, 3.63) is 84.4 Å². The van der Waals surface area contributed by atoms with Crippen molar-refractivity contribution in [1.29, 1.82) is 0 Å². The lowest BCUT2D eigenvalue weighted by Crippen LogP contribution is -2.45. The normalized spacial score (nSPS) is 17.1. The molecule has 0 saturated carbocycles. The molecule has 1 aromatic carbocycles. The predicted octanol–water partition coefficient (Wildman–Crippen LogP) is 4.41. The highest BCUT2D eigenvalue weighted by molar-refractivity contribution is 14.0. The van der Waals surface area contributed by atoms with E-state index in [1.807, 2.05) is 36.5 Å². The summed E-state index contributed by atoms with van der Waals surface area (Å²) in [5.41, 5.74) is 1.24. The third kappa shape index (κ3) is 6.72. The first-order valence-electron chi connectivity index (χ1n) is 10.6. The van der Waals surface area contributed by atoms with Gasteiger partial charge in [0.2, 0.25) is 0 Å². The van der Waals surface area contributed by atoms with Crippen LogP contribution in [-0.2, 0) is 6.42 Å². The number of rotatable bonds is 7. The molecule has 4 rings (SSSR count). The molecule has 0 amide bonds. The van der Waals surface area contributed by atoms with Crippen molar-refractivity contribution in [2.75, 3.05) is 24.5 Å². The van der Waals surface area contributed by atoms with Gasteiger partial charge in [0.25, 0.3) is 0 Å². The van der Waals surface area contributed by atoms with Crippen LogP contribution in [-0.4, -0.2) is 36.6 Å². The molecule has 1 aliphatic rings. The van der Waals surface area contributed by atoms with Gasteiger partial charge in [0, 0.05) is 38.3 Å². The van der Waals surface area contributed by atoms with Gasteiger partial charge in [0.15, 0.2) is 5.96 Å². The summed E-state index contributed by atoms with van der Waals surface area (Å²) in [6.45, 7) is 4.73. The first kappa shape index (κ1) is 23.1. The highest BCUT2D eigenvalue weighted by Crippen LogP contribution is 2.17. The van der Waals surface area contributed by atoms with Gasteiger partial charge < -0.3 is 20.0 Å². The highest BCUT2D eigenvalue weighted by Gasteiger charge is 2.24. The summed E-state index contributed by atoms with van der Waals surface area (Å²) in [5.74, 6) is 2.82. The summed E-state index contributed by atoms with van der Waals surface area (Å²) in [4.78, 5) is 11.6. The molecule has 3 heterocycles. The number of hydrogen-bond acceptors (Lipinski definition) is 4. The fourth-order valence-electron chi connectivity index (χ4n) is 3.72. The molecule has 1 fully saturated rings. The molecule has 0 aliphatic carbocycles. The molecule has 1 aliphatic heterocycles. The molecule has 0 radical (unpaired) electrons. The number of halogens is 1. The monoisotopic (exact) mass is 531 g/mol. The van der Waals surface area contributed by atoms with Crippen molar-refractivity contribution in [1.82, 2.24) is 15.6 Å². The van der Waals surface area contributed by atoms with E-state index in [4.69, 9.17) is 9.41 Å². The van der Waals surface area contributed by atoms with Gasteiger partial charge in [0.05, 0.1) is 12.3 Å². The summed E-state index contributed by atoms with van der Waals surface area (Å²) >= 11 is 0. The molecule has 31 heavy (non-hydrogen) atoms. The number of pyridine rings is 1. The maximum absolute atomic E-state index is 5.44. The zero-order valence-corrected chi connectivity index (χ0v) is 20.1. The minimum Gasteiger partial charge on any atom is -0.469 e. The summed E-state index contributed by atoms with van der Waals surface area (Å²) in [6, 6.07) is 20.9. The zero-order chi connectivity index (χ0) is 20.6. The van der Waals surface area contributed by atoms with Gasteiger partial charge >= 0.3 is 0 Å². The number of anilines is 1. The maximum atomic E-state index is 5.44. The van der Waals surface area contributed by atoms with E-state index in [-0.39, 0.29) is 30.0 Å². The largest absolute Gasteiger partial charge is 0.469 e. The zero-order valence-electron chi connectivity index (χ0n) is 17.8. The van der Waals surface area contributed by atoms with E-state index in [2.05, 4.69) is 57.8 Å². The van der Waals surface area contributed by atoms with Gasteiger partial charge in [-0.1, -0.05) is 36.4 Å². The van der Waals surface area contributed by atoms with Crippen LogP contribution in [0.3, 0.4) is 0 Å². The molecule has 6 nitrogen and oxygen atoms in total. The number of aromatic nitrogens is 1. The maximum Gasteiger partial charge on any atom is 0.192 e. The first-order valence-corrected chi connectivity index (χ1v) is 10.6. The second-order valence-electron chi connectivity index (χ2n) is 7.60. The smallest absolute Gasteiger partial charge is 0.192 e. The van der Waals surface area contributed by atoms with Crippen LogP contribution in [0.25, 0.3) is 0 Å². The Bertz CT molecular complexity index is 918. The van der Waals surface area contributed by atoms with Gasteiger partial charge in [-0.25, -0.2) is 4.98 Å². The van der Waals surface area contributed by atoms with E-state index < -0.39 is 0 Å². The number of benzene rings is 1. The highest BCUT2D eigenvalue weighted by atomic mass is 127. The quantitative estimate of drug-likeness (QED) is 0.269. The molecule has 3 aromatic rings. The molecular formula is C24H30IN5O. The van der Waals surface area contributed by atoms with E-state index in [1.54, 1.807) is 6.26 Å². The van der Waals surface area contributed by atoms with Crippen molar-refractivity contribution < 1.29 is 4.42 Å². The fourth-order valence-corrected chi connectivity index (χ4v) is 3.72. The predicted molar refractivity (Wildman–Crippen MR) is 136 cm³/mol. The van der Waals surface area contributed by atoms with E-state index in [1.165, 1.54) is 5.56 Å². The van der Waals surface area contributed by atoms with E-state index >= 15 is 0 Å². The Morgan fingerprint density at radius 2 is 2.00 bits per heavy atom. The first-order chi connectivity index (χ1) is 14.8. The van der Waals surface area contributed by atoms with Crippen LogP contribution in [0.2, 0.25) is 0 Å². The van der Waals surface area contributed by atoms with Crippen LogP contribution in [0, 0.1) is 0 Å². The van der Waals surface area contributed by atoms with Gasteiger partial charge in [-0.15, -0.1) is 24.0 Å². The van der Waals surface area contributed by atoms with Crippen LogP contribution in [0.4, 0.5) is 5.82 Å². The number of nitrogens with zero attached hydrogens (tertiary/aromatic N) is 3. The Morgan fingerprint density at radius 1 is 1.16 bits per heavy atom. The molecule has 2 atom stereocenters. The lowest BCUT2D eigenvalue weighted by atomic mass is 10.1. The molecule has 0 bridgehead atoms. The molecule has 2 aromatic heterocycles. The number of hydrogen-bond donors (Lipinski definition) is 2. The summed E-state index contributed by atoms with van der Waals surface area (Å²) in [7, 11) is 0. The van der Waals surface area contributed by atoms with Gasteiger partial charge in [-0.2, -0.15) is 0 Å². The number of furan rings is 1. The molecular weight excluding hydrogens is 501 g/mol. The van der Waals surface area contributed by atoms with Crippen molar-refractivity contribution in [2.24, 2.45) is 4.99 Å². The number of guanidine groups is 1. The Hall–Kier alpha value is -2.55. The van der Waals surface area contributed by atoms with Crippen molar-refractivity contribution in [3.63, 3.8) is 0 Å².